The van der Waals surface area contributed by atoms with Crippen LogP contribution in [0.5, 0.6) is 0 Å². The number of hydrogen-bond donors (Lipinski definition) is 1. The van der Waals surface area contributed by atoms with E-state index in [1.807, 2.05) is 0 Å². The molecule has 1 N–H and O–H groups in total. The van der Waals surface area contributed by atoms with Crippen molar-refractivity contribution in [3.8, 4) is 0 Å². The van der Waals surface area contributed by atoms with E-state index in [1.54, 1.807) is 16.7 Å². The topological polar surface area (TPSA) is 38.3 Å². The molecular formula is C26H35NO2. The average molecular weight is 394 g/mol. The van der Waals surface area contributed by atoms with Crippen LogP contribution < -0.4 is 5.32 Å². The van der Waals surface area contributed by atoms with Crippen LogP contribution in [0.15, 0.2) is 35.4 Å². The van der Waals surface area contributed by atoms with Crippen molar-refractivity contribution in [1.82, 2.24) is 0 Å². The minimum absolute atomic E-state index is 0.157. The van der Waals surface area contributed by atoms with E-state index < -0.39 is 0 Å². The van der Waals surface area contributed by atoms with Gasteiger partial charge in [0.1, 0.15) is 0 Å². The molecule has 3 heteroatoms. The summed E-state index contributed by atoms with van der Waals surface area (Å²) in [5.74, 6) is 1.85. The standard InChI is InChI=1S/C26H35NO2/c1-16-9-10-21-23-19(11-12-25(21,3)13-14-29-17(2)28)24-20(15-26(16,23)4)18-7-5-6-8-22(18)27-24/h5-8,16,19-20,24,27H,9-15H2,1-4H3/t16-,19-,20-,24-,25-,26+/m1/s1. The number of rotatable bonds is 3. The van der Waals surface area contributed by atoms with Gasteiger partial charge in [-0.2, -0.15) is 0 Å². The predicted octanol–water partition coefficient (Wildman–Crippen LogP) is 6.07. The highest BCUT2D eigenvalue weighted by Gasteiger charge is 2.57. The summed E-state index contributed by atoms with van der Waals surface area (Å²) in [4.78, 5) is 11.3. The number of esters is 1. The van der Waals surface area contributed by atoms with Crippen molar-refractivity contribution >= 4 is 11.7 Å². The Morgan fingerprint density at radius 1 is 1.21 bits per heavy atom. The molecule has 0 aromatic heterocycles. The molecule has 1 aliphatic heterocycles. The first-order chi connectivity index (χ1) is 13.8. The summed E-state index contributed by atoms with van der Waals surface area (Å²) < 4.78 is 5.37. The minimum atomic E-state index is -0.157. The number of para-hydroxylation sites is 1. The molecule has 0 amide bonds. The predicted molar refractivity (Wildman–Crippen MR) is 117 cm³/mol. The minimum Gasteiger partial charge on any atom is -0.466 e. The van der Waals surface area contributed by atoms with Crippen LogP contribution >= 0.6 is 0 Å². The molecule has 4 aliphatic rings. The number of carbonyl (C=O) groups excluding carboxylic acids is 1. The summed E-state index contributed by atoms with van der Waals surface area (Å²) in [5.41, 5.74) is 6.89. The van der Waals surface area contributed by atoms with Crippen LogP contribution in [-0.2, 0) is 9.53 Å². The van der Waals surface area contributed by atoms with Crippen molar-refractivity contribution in [2.75, 3.05) is 11.9 Å². The molecule has 1 saturated carbocycles. The Balaban J connectivity index is 1.55. The average Bonchev–Trinajstić information content (AvgIpc) is 3.04. The maximum atomic E-state index is 11.3. The van der Waals surface area contributed by atoms with Gasteiger partial charge in [0.05, 0.1) is 6.61 Å². The maximum Gasteiger partial charge on any atom is 0.302 e. The second kappa shape index (κ2) is 6.62. The van der Waals surface area contributed by atoms with Crippen LogP contribution in [0.2, 0.25) is 0 Å². The van der Waals surface area contributed by atoms with Gasteiger partial charge in [-0.3, -0.25) is 4.79 Å². The first kappa shape index (κ1) is 19.2. The number of nitrogens with one attached hydrogen (secondary N) is 1. The second-order valence-corrected chi connectivity index (χ2v) is 10.6. The third-order valence-electron chi connectivity index (χ3n) is 9.11. The van der Waals surface area contributed by atoms with E-state index in [0.717, 1.165) is 12.3 Å². The Bertz CT molecular complexity index is 873. The molecule has 1 aromatic carbocycles. The van der Waals surface area contributed by atoms with Crippen molar-refractivity contribution in [2.24, 2.45) is 22.7 Å². The molecule has 29 heavy (non-hydrogen) atoms. The van der Waals surface area contributed by atoms with Gasteiger partial charge in [0.15, 0.2) is 0 Å². The van der Waals surface area contributed by atoms with Crippen LogP contribution in [0.4, 0.5) is 5.69 Å². The molecule has 0 bridgehead atoms. The molecule has 0 radical (unpaired) electrons. The van der Waals surface area contributed by atoms with E-state index in [9.17, 15) is 4.79 Å². The molecule has 0 saturated heterocycles. The Hall–Kier alpha value is -1.77. The van der Waals surface area contributed by atoms with Gasteiger partial charge >= 0.3 is 5.97 Å². The van der Waals surface area contributed by atoms with E-state index in [0.29, 0.717) is 29.9 Å². The zero-order valence-electron chi connectivity index (χ0n) is 18.4. The fourth-order valence-electron chi connectivity index (χ4n) is 7.33. The number of anilines is 1. The summed E-state index contributed by atoms with van der Waals surface area (Å²) in [6, 6.07) is 9.54. The Kier molecular flexibility index (Phi) is 4.38. The molecule has 1 heterocycles. The molecule has 0 spiro atoms. The summed E-state index contributed by atoms with van der Waals surface area (Å²) in [5, 5.41) is 3.94. The molecule has 1 fully saturated rings. The van der Waals surface area contributed by atoms with Crippen LogP contribution in [0.3, 0.4) is 0 Å². The largest absolute Gasteiger partial charge is 0.466 e. The van der Waals surface area contributed by atoms with Gasteiger partial charge < -0.3 is 10.1 Å². The van der Waals surface area contributed by atoms with Gasteiger partial charge in [-0.05, 0) is 66.9 Å². The van der Waals surface area contributed by atoms with Gasteiger partial charge in [-0.15, -0.1) is 0 Å². The molecule has 5 rings (SSSR count). The number of hydrogen-bond acceptors (Lipinski definition) is 3. The molecule has 1 aromatic rings. The van der Waals surface area contributed by atoms with Crippen LogP contribution in [-0.4, -0.2) is 18.6 Å². The Labute approximate surface area is 175 Å². The zero-order valence-corrected chi connectivity index (χ0v) is 18.4. The highest BCUT2D eigenvalue weighted by molar-refractivity contribution is 5.66. The third kappa shape index (κ3) is 2.79. The number of carbonyl (C=O) groups is 1. The lowest BCUT2D eigenvalue weighted by atomic mass is 9.47. The first-order valence-corrected chi connectivity index (χ1v) is 11.6. The molecule has 6 atom stereocenters. The molecule has 3 nitrogen and oxygen atoms in total. The lowest BCUT2D eigenvalue weighted by Gasteiger charge is -2.58. The van der Waals surface area contributed by atoms with Crippen molar-refractivity contribution < 1.29 is 9.53 Å². The summed E-state index contributed by atoms with van der Waals surface area (Å²) in [6.07, 6.45) is 7.20. The quantitative estimate of drug-likeness (QED) is 0.500. The summed E-state index contributed by atoms with van der Waals surface area (Å²) in [7, 11) is 0. The SMILES string of the molecule is CC(=O)OCC[C@@]1(C)CC[C@@H]2C3=C1CC[C@@H](C)[C@]3(C)C[C@@H]1c3ccccc3N[C@H]21. The van der Waals surface area contributed by atoms with E-state index in [-0.39, 0.29) is 11.4 Å². The third-order valence-corrected chi connectivity index (χ3v) is 9.11. The van der Waals surface area contributed by atoms with E-state index in [1.165, 1.54) is 44.7 Å². The Morgan fingerprint density at radius 2 is 2.00 bits per heavy atom. The van der Waals surface area contributed by atoms with Gasteiger partial charge in [-0.1, -0.05) is 50.1 Å². The second-order valence-electron chi connectivity index (χ2n) is 10.6. The van der Waals surface area contributed by atoms with E-state index in [2.05, 4.69) is 50.4 Å². The number of benzene rings is 1. The highest BCUT2D eigenvalue weighted by atomic mass is 16.5. The smallest absolute Gasteiger partial charge is 0.302 e. The molecule has 0 unspecified atom stereocenters. The van der Waals surface area contributed by atoms with Crippen molar-refractivity contribution in [2.45, 2.75) is 78.2 Å². The van der Waals surface area contributed by atoms with Gasteiger partial charge in [-0.25, -0.2) is 0 Å². The fraction of sp³-hybridized carbons (Fsp3) is 0.654. The highest BCUT2D eigenvalue weighted by Crippen LogP contribution is 2.66. The van der Waals surface area contributed by atoms with Crippen molar-refractivity contribution in [1.29, 1.82) is 0 Å². The molecular weight excluding hydrogens is 358 g/mol. The van der Waals surface area contributed by atoms with Gasteiger partial charge in [0.2, 0.25) is 0 Å². The summed E-state index contributed by atoms with van der Waals surface area (Å²) in [6.45, 7) is 9.56. The van der Waals surface area contributed by atoms with Crippen LogP contribution in [0.25, 0.3) is 0 Å². The monoisotopic (exact) mass is 393 g/mol. The van der Waals surface area contributed by atoms with Gasteiger partial charge in [0.25, 0.3) is 0 Å². The first-order valence-electron chi connectivity index (χ1n) is 11.6. The van der Waals surface area contributed by atoms with E-state index in [4.69, 9.17) is 4.74 Å². The van der Waals surface area contributed by atoms with Gasteiger partial charge in [0, 0.05) is 30.5 Å². The zero-order chi connectivity index (χ0) is 20.4. The maximum absolute atomic E-state index is 11.3. The summed E-state index contributed by atoms with van der Waals surface area (Å²) >= 11 is 0. The molecule has 156 valence electrons. The fourth-order valence-corrected chi connectivity index (χ4v) is 7.33. The number of allylic oxidation sites excluding steroid dienone is 1. The number of ether oxygens (including phenoxy) is 1. The normalized spacial score (nSPS) is 39.9. The lowest BCUT2D eigenvalue weighted by molar-refractivity contribution is -0.141. The van der Waals surface area contributed by atoms with E-state index >= 15 is 0 Å². The van der Waals surface area contributed by atoms with Crippen LogP contribution in [0, 0.1) is 22.7 Å². The molecule has 3 aliphatic carbocycles. The lowest BCUT2D eigenvalue weighted by Crippen LogP contribution is -2.51. The van der Waals surface area contributed by atoms with Crippen molar-refractivity contribution in [3.63, 3.8) is 0 Å². The van der Waals surface area contributed by atoms with Crippen molar-refractivity contribution in [3.05, 3.63) is 41.0 Å². The Morgan fingerprint density at radius 3 is 2.79 bits per heavy atom. The van der Waals surface area contributed by atoms with Crippen LogP contribution in [0.1, 0.15) is 77.7 Å². The number of fused-ring (bicyclic) bond motifs is 4.